The van der Waals surface area contributed by atoms with E-state index in [9.17, 15) is 0 Å². The number of aromatic nitrogens is 2. The first-order valence-electron chi connectivity index (χ1n) is 6.00. The molecule has 2 rings (SSSR count). The molecule has 0 unspecified atom stereocenters. The minimum absolute atomic E-state index is 0.553. The Morgan fingerprint density at radius 2 is 2.25 bits per heavy atom. The van der Waals surface area contributed by atoms with Gasteiger partial charge in [0.2, 0.25) is 0 Å². The summed E-state index contributed by atoms with van der Waals surface area (Å²) in [5.41, 5.74) is 1.17. The lowest BCUT2D eigenvalue weighted by Gasteiger charge is -2.21. The summed E-state index contributed by atoms with van der Waals surface area (Å²) >= 11 is 0. The second-order valence-electron chi connectivity index (χ2n) is 4.06. The Kier molecular flexibility index (Phi) is 4.25. The first kappa shape index (κ1) is 11.5. The van der Waals surface area contributed by atoms with Crippen molar-refractivity contribution in [1.29, 1.82) is 0 Å². The third kappa shape index (κ3) is 3.00. The molecule has 0 atom stereocenters. The highest BCUT2D eigenvalue weighted by Crippen LogP contribution is 2.24. The molecule has 1 aromatic rings. The molecule has 1 aliphatic heterocycles. The van der Waals surface area contributed by atoms with Crippen LogP contribution in [-0.4, -0.2) is 29.7 Å². The van der Waals surface area contributed by atoms with Gasteiger partial charge in [-0.25, -0.2) is 9.97 Å². The molecule has 1 N–H and O–H groups in total. The molecule has 1 aromatic heterocycles. The van der Waals surface area contributed by atoms with E-state index < -0.39 is 0 Å². The Hall–Kier alpha value is -1.00. The van der Waals surface area contributed by atoms with Crippen LogP contribution in [0, 0.1) is 0 Å². The Morgan fingerprint density at radius 3 is 3.00 bits per heavy atom. The highest BCUT2D eigenvalue weighted by Gasteiger charge is 2.17. The van der Waals surface area contributed by atoms with Crippen molar-refractivity contribution in [1.82, 2.24) is 15.3 Å². The second kappa shape index (κ2) is 5.92. The van der Waals surface area contributed by atoms with E-state index in [1.807, 2.05) is 12.3 Å². The van der Waals surface area contributed by atoms with Crippen molar-refractivity contribution in [2.24, 2.45) is 0 Å². The third-order valence-corrected chi connectivity index (χ3v) is 2.90. The third-order valence-electron chi connectivity index (χ3n) is 2.90. The van der Waals surface area contributed by atoms with E-state index in [2.05, 4.69) is 22.2 Å². The monoisotopic (exact) mass is 221 g/mol. The van der Waals surface area contributed by atoms with E-state index in [4.69, 9.17) is 4.74 Å². The summed E-state index contributed by atoms with van der Waals surface area (Å²) in [7, 11) is 0. The van der Waals surface area contributed by atoms with E-state index >= 15 is 0 Å². The maximum Gasteiger partial charge on any atom is 0.142 e. The van der Waals surface area contributed by atoms with E-state index in [1.54, 1.807) is 0 Å². The summed E-state index contributed by atoms with van der Waals surface area (Å²) in [6, 6.07) is 2.03. The Balaban J connectivity index is 2.02. The number of nitrogens with zero attached hydrogens (tertiary/aromatic N) is 2. The predicted molar refractivity (Wildman–Crippen MR) is 62.2 cm³/mol. The van der Waals surface area contributed by atoms with Gasteiger partial charge in [0.15, 0.2) is 0 Å². The van der Waals surface area contributed by atoms with Crippen molar-refractivity contribution >= 4 is 0 Å². The molecule has 1 fully saturated rings. The summed E-state index contributed by atoms with van der Waals surface area (Å²) in [4.78, 5) is 8.87. The minimum Gasteiger partial charge on any atom is -0.381 e. The molecule has 4 nitrogen and oxygen atoms in total. The maximum absolute atomic E-state index is 5.36. The van der Waals surface area contributed by atoms with Crippen LogP contribution in [0.25, 0.3) is 0 Å². The first-order valence-corrected chi connectivity index (χ1v) is 6.00. The highest BCUT2D eigenvalue weighted by atomic mass is 16.5. The Labute approximate surface area is 96.4 Å². The van der Waals surface area contributed by atoms with Gasteiger partial charge in [-0.2, -0.15) is 0 Å². The van der Waals surface area contributed by atoms with Crippen molar-refractivity contribution in [2.75, 3.05) is 19.8 Å². The number of ether oxygens (including phenoxy) is 1. The molecule has 16 heavy (non-hydrogen) atoms. The van der Waals surface area contributed by atoms with Crippen LogP contribution in [0.5, 0.6) is 0 Å². The lowest BCUT2D eigenvalue weighted by atomic mass is 9.96. The first-order chi connectivity index (χ1) is 7.90. The molecular formula is C12H19N3O. The number of hydrogen-bond donors (Lipinski definition) is 1. The average molecular weight is 221 g/mol. The van der Waals surface area contributed by atoms with Gasteiger partial charge in [-0.15, -0.1) is 0 Å². The normalized spacial score (nSPS) is 17.6. The number of hydrogen-bond acceptors (Lipinski definition) is 4. The van der Waals surface area contributed by atoms with Crippen molar-refractivity contribution in [2.45, 2.75) is 32.2 Å². The smallest absolute Gasteiger partial charge is 0.142 e. The molecule has 4 heteroatoms. The van der Waals surface area contributed by atoms with Gasteiger partial charge in [-0.05, 0) is 25.5 Å². The Bertz CT molecular complexity index is 324. The zero-order chi connectivity index (χ0) is 11.2. The standard InChI is InChI=1S/C12H19N3O/c1-2-13-9-12-14-6-3-11(15-12)10-4-7-16-8-5-10/h3,6,10,13H,2,4-5,7-9H2,1H3. The largest absolute Gasteiger partial charge is 0.381 e. The molecule has 0 spiro atoms. The van der Waals surface area contributed by atoms with E-state index in [0.717, 1.165) is 45.0 Å². The summed E-state index contributed by atoms with van der Waals surface area (Å²) in [6.45, 7) is 5.51. The summed E-state index contributed by atoms with van der Waals surface area (Å²) in [5.74, 6) is 1.45. The van der Waals surface area contributed by atoms with E-state index in [0.29, 0.717) is 5.92 Å². The summed E-state index contributed by atoms with van der Waals surface area (Å²) in [5, 5.41) is 3.24. The lowest BCUT2D eigenvalue weighted by Crippen LogP contribution is -2.18. The van der Waals surface area contributed by atoms with Gasteiger partial charge in [0.1, 0.15) is 5.82 Å². The van der Waals surface area contributed by atoms with Crippen LogP contribution in [0.2, 0.25) is 0 Å². The fraction of sp³-hybridized carbons (Fsp3) is 0.667. The molecule has 1 aliphatic rings. The highest BCUT2D eigenvalue weighted by molar-refractivity contribution is 5.09. The number of rotatable bonds is 4. The molecule has 1 saturated heterocycles. The van der Waals surface area contributed by atoms with E-state index in [-0.39, 0.29) is 0 Å². The van der Waals surface area contributed by atoms with Crippen LogP contribution in [0.15, 0.2) is 12.3 Å². The molecular weight excluding hydrogens is 202 g/mol. The molecule has 2 heterocycles. The summed E-state index contributed by atoms with van der Waals surface area (Å²) < 4.78 is 5.36. The van der Waals surface area contributed by atoms with Gasteiger partial charge in [-0.3, -0.25) is 0 Å². The molecule has 0 saturated carbocycles. The maximum atomic E-state index is 5.36. The van der Waals surface area contributed by atoms with Crippen LogP contribution >= 0.6 is 0 Å². The average Bonchev–Trinajstić information content (AvgIpc) is 2.38. The summed E-state index contributed by atoms with van der Waals surface area (Å²) in [6.07, 6.45) is 4.03. The SMILES string of the molecule is CCNCc1nccc(C2CCOCC2)n1. The van der Waals surface area contributed by atoms with Crippen LogP contribution in [0.1, 0.15) is 37.2 Å². The molecule has 88 valence electrons. The lowest BCUT2D eigenvalue weighted by molar-refractivity contribution is 0.0844. The van der Waals surface area contributed by atoms with Gasteiger partial charge >= 0.3 is 0 Å². The Morgan fingerprint density at radius 1 is 1.44 bits per heavy atom. The quantitative estimate of drug-likeness (QED) is 0.836. The fourth-order valence-corrected chi connectivity index (χ4v) is 1.96. The van der Waals surface area contributed by atoms with Crippen molar-refractivity contribution in [3.8, 4) is 0 Å². The van der Waals surface area contributed by atoms with Crippen LogP contribution < -0.4 is 5.32 Å². The molecule has 0 amide bonds. The predicted octanol–water partition coefficient (Wildman–Crippen LogP) is 1.48. The number of nitrogens with one attached hydrogen (secondary N) is 1. The van der Waals surface area contributed by atoms with Crippen LogP contribution in [-0.2, 0) is 11.3 Å². The van der Waals surface area contributed by atoms with Gasteiger partial charge in [0, 0.05) is 31.0 Å². The van der Waals surface area contributed by atoms with Crippen LogP contribution in [0.3, 0.4) is 0 Å². The zero-order valence-corrected chi connectivity index (χ0v) is 9.78. The van der Waals surface area contributed by atoms with Crippen LogP contribution in [0.4, 0.5) is 0 Å². The van der Waals surface area contributed by atoms with Crippen molar-refractivity contribution in [3.63, 3.8) is 0 Å². The van der Waals surface area contributed by atoms with Gasteiger partial charge < -0.3 is 10.1 Å². The van der Waals surface area contributed by atoms with Crippen molar-refractivity contribution < 1.29 is 4.74 Å². The molecule has 0 radical (unpaired) electrons. The van der Waals surface area contributed by atoms with Gasteiger partial charge in [0.25, 0.3) is 0 Å². The fourth-order valence-electron chi connectivity index (χ4n) is 1.96. The molecule has 0 bridgehead atoms. The topological polar surface area (TPSA) is 47.0 Å². The molecule has 0 aliphatic carbocycles. The van der Waals surface area contributed by atoms with Gasteiger partial charge in [0.05, 0.1) is 6.54 Å². The molecule has 0 aromatic carbocycles. The zero-order valence-electron chi connectivity index (χ0n) is 9.78. The second-order valence-corrected chi connectivity index (χ2v) is 4.06. The van der Waals surface area contributed by atoms with E-state index in [1.165, 1.54) is 5.69 Å². The van der Waals surface area contributed by atoms with Crippen molar-refractivity contribution in [3.05, 3.63) is 23.8 Å². The minimum atomic E-state index is 0.553. The van der Waals surface area contributed by atoms with Gasteiger partial charge in [-0.1, -0.05) is 6.92 Å².